The summed E-state index contributed by atoms with van der Waals surface area (Å²) in [6.07, 6.45) is 1.21. The van der Waals surface area contributed by atoms with Gasteiger partial charge >= 0.3 is 0 Å². The largest absolute Gasteiger partial charge is 0.455 e. The molecule has 1 aliphatic rings. The summed E-state index contributed by atoms with van der Waals surface area (Å²) in [6, 6.07) is 1.97. The highest BCUT2D eigenvalue weighted by Gasteiger charge is 2.38. The molecule has 0 N–H and O–H groups in total. The van der Waals surface area contributed by atoms with Gasteiger partial charge in [0, 0.05) is 12.2 Å². The van der Waals surface area contributed by atoms with Crippen molar-refractivity contribution in [2.24, 2.45) is 0 Å². The van der Waals surface area contributed by atoms with E-state index in [2.05, 4.69) is 44.9 Å². The van der Waals surface area contributed by atoms with E-state index in [4.69, 9.17) is 4.12 Å². The fraction of sp³-hybridized carbons (Fsp3) is 1.00. The van der Waals surface area contributed by atoms with Gasteiger partial charge in [-0.3, -0.25) is 0 Å². The van der Waals surface area contributed by atoms with Crippen LogP contribution < -0.4 is 0 Å². The van der Waals surface area contributed by atoms with Gasteiger partial charge in [-0.1, -0.05) is 0 Å². The molecule has 0 bridgehead atoms. The molecule has 4 heteroatoms. The van der Waals surface area contributed by atoms with Gasteiger partial charge in [-0.25, -0.2) is 0 Å². The molecule has 1 aliphatic heterocycles. The molecule has 1 rings (SSSR count). The van der Waals surface area contributed by atoms with Crippen molar-refractivity contribution in [2.75, 3.05) is 12.7 Å². The quantitative estimate of drug-likeness (QED) is 0.643. The number of rotatable bonds is 1. The van der Waals surface area contributed by atoms with Crippen LogP contribution in [0.4, 0.5) is 0 Å². The van der Waals surface area contributed by atoms with Crippen molar-refractivity contribution in [1.82, 2.24) is 4.90 Å². The maximum atomic E-state index is 6.40. The SMILES string of the molecule is CC(C)N1CC[Si](C)(C)O[Si](C)(C)C1. The highest BCUT2D eigenvalue weighted by Crippen LogP contribution is 2.24. The van der Waals surface area contributed by atoms with Crippen LogP contribution in [0.3, 0.4) is 0 Å². The van der Waals surface area contributed by atoms with Gasteiger partial charge in [-0.2, -0.15) is 0 Å². The van der Waals surface area contributed by atoms with Crippen LogP contribution in [0.2, 0.25) is 32.2 Å². The fourth-order valence-corrected chi connectivity index (χ4v) is 11.2. The Morgan fingerprint density at radius 1 is 1.07 bits per heavy atom. The predicted octanol–water partition coefficient (Wildman–Crippen LogP) is 2.68. The summed E-state index contributed by atoms with van der Waals surface area (Å²) >= 11 is 0. The van der Waals surface area contributed by atoms with Crippen molar-refractivity contribution in [2.45, 2.75) is 52.1 Å². The highest BCUT2D eigenvalue weighted by atomic mass is 28.4. The van der Waals surface area contributed by atoms with Crippen LogP contribution in [-0.4, -0.2) is 40.3 Å². The first-order valence-electron chi connectivity index (χ1n) is 5.66. The molecule has 2 nitrogen and oxygen atoms in total. The van der Waals surface area contributed by atoms with Gasteiger partial charge in [0.25, 0.3) is 0 Å². The van der Waals surface area contributed by atoms with Gasteiger partial charge < -0.3 is 9.02 Å². The summed E-state index contributed by atoms with van der Waals surface area (Å²) in [7, 11) is -2.76. The third-order valence-electron chi connectivity index (χ3n) is 2.87. The van der Waals surface area contributed by atoms with Gasteiger partial charge in [0.2, 0.25) is 0 Å². The third-order valence-corrected chi connectivity index (χ3v) is 9.88. The van der Waals surface area contributed by atoms with Crippen molar-refractivity contribution in [1.29, 1.82) is 0 Å². The van der Waals surface area contributed by atoms with E-state index in [1.54, 1.807) is 0 Å². The van der Waals surface area contributed by atoms with Gasteiger partial charge in [0.05, 0.1) is 0 Å². The minimum atomic E-state index is -1.41. The Morgan fingerprint density at radius 2 is 1.64 bits per heavy atom. The minimum Gasteiger partial charge on any atom is -0.455 e. The highest BCUT2D eigenvalue weighted by molar-refractivity contribution is 6.85. The lowest BCUT2D eigenvalue weighted by atomic mass is 10.3. The zero-order valence-electron chi connectivity index (χ0n) is 10.6. The molecule has 0 saturated carbocycles. The summed E-state index contributed by atoms with van der Waals surface area (Å²) in [5.41, 5.74) is 0. The van der Waals surface area contributed by atoms with Crippen LogP contribution >= 0.6 is 0 Å². The van der Waals surface area contributed by atoms with Crippen LogP contribution in [0.15, 0.2) is 0 Å². The zero-order valence-corrected chi connectivity index (χ0v) is 12.6. The predicted molar refractivity (Wildman–Crippen MR) is 67.6 cm³/mol. The summed E-state index contributed by atoms with van der Waals surface area (Å²) in [6.45, 7) is 15.3. The molecule has 0 aromatic heterocycles. The molecule has 1 saturated heterocycles. The molecule has 14 heavy (non-hydrogen) atoms. The average molecular weight is 231 g/mol. The molecule has 84 valence electrons. The van der Waals surface area contributed by atoms with Gasteiger partial charge in [-0.15, -0.1) is 0 Å². The fourth-order valence-electron chi connectivity index (χ4n) is 2.25. The molecule has 0 atom stereocenters. The average Bonchev–Trinajstić information content (AvgIpc) is 2.04. The molecule has 1 fully saturated rings. The van der Waals surface area contributed by atoms with E-state index in [0.29, 0.717) is 6.04 Å². The standard InChI is InChI=1S/C10H25NOSi2/c1-10(2)11-7-8-13(3,4)12-14(5,6)9-11/h10H,7-9H2,1-6H3. The molecule has 0 unspecified atom stereocenters. The Kier molecular flexibility index (Phi) is 3.62. The van der Waals surface area contributed by atoms with Crippen LogP contribution in [0, 0.1) is 0 Å². The van der Waals surface area contributed by atoms with Crippen LogP contribution in [-0.2, 0) is 4.12 Å². The van der Waals surface area contributed by atoms with Crippen LogP contribution in [0.25, 0.3) is 0 Å². The molecule has 0 radical (unpaired) electrons. The Labute approximate surface area is 90.9 Å². The third kappa shape index (κ3) is 3.49. The van der Waals surface area contributed by atoms with E-state index in [0.717, 1.165) is 0 Å². The summed E-state index contributed by atoms with van der Waals surface area (Å²) in [5.74, 6) is 0. The zero-order chi connectivity index (χ0) is 11.0. The lowest BCUT2D eigenvalue weighted by molar-refractivity contribution is 0.266. The number of hydrogen-bond donors (Lipinski definition) is 0. The lowest BCUT2D eigenvalue weighted by Gasteiger charge is -2.32. The first kappa shape index (κ1) is 12.4. The molecule has 0 aliphatic carbocycles. The molecular weight excluding hydrogens is 206 g/mol. The smallest absolute Gasteiger partial charge is 0.187 e. The number of nitrogens with zero attached hydrogens (tertiary/aromatic N) is 1. The summed E-state index contributed by atoms with van der Waals surface area (Å²) in [5, 5.41) is 0. The number of hydrogen-bond acceptors (Lipinski definition) is 2. The second kappa shape index (κ2) is 4.08. The molecule has 1 heterocycles. The van der Waals surface area contributed by atoms with Crippen LogP contribution in [0.1, 0.15) is 13.8 Å². The Hall–Kier alpha value is 0.354. The molecule has 0 spiro atoms. The van der Waals surface area contributed by atoms with Gasteiger partial charge in [0.1, 0.15) is 0 Å². The van der Waals surface area contributed by atoms with E-state index in [9.17, 15) is 0 Å². The molecule has 0 aromatic rings. The monoisotopic (exact) mass is 231 g/mol. The van der Waals surface area contributed by atoms with Crippen LogP contribution in [0.5, 0.6) is 0 Å². The first-order chi connectivity index (χ1) is 6.22. The maximum Gasteiger partial charge on any atom is 0.187 e. The normalized spacial score (nSPS) is 27.6. The second-order valence-electron chi connectivity index (χ2n) is 5.94. The van der Waals surface area contributed by atoms with Crippen molar-refractivity contribution in [3.8, 4) is 0 Å². The molecular formula is C10H25NOSi2. The Morgan fingerprint density at radius 3 is 2.14 bits per heavy atom. The molecule has 0 aromatic carbocycles. The molecule has 0 amide bonds. The van der Waals surface area contributed by atoms with Gasteiger partial charge in [-0.05, 0) is 52.6 Å². The van der Waals surface area contributed by atoms with Gasteiger partial charge in [0.15, 0.2) is 16.6 Å². The summed E-state index contributed by atoms with van der Waals surface area (Å²) < 4.78 is 6.40. The van der Waals surface area contributed by atoms with E-state index in [1.807, 2.05) is 0 Å². The lowest BCUT2D eigenvalue weighted by Crippen LogP contribution is -2.48. The summed E-state index contributed by atoms with van der Waals surface area (Å²) in [4.78, 5) is 2.61. The van der Waals surface area contributed by atoms with E-state index >= 15 is 0 Å². The topological polar surface area (TPSA) is 12.5 Å². The first-order valence-corrected chi connectivity index (χ1v) is 11.9. The minimum absolute atomic E-state index is 0.674. The van der Waals surface area contributed by atoms with E-state index in [-0.39, 0.29) is 0 Å². The maximum absolute atomic E-state index is 6.40. The second-order valence-corrected chi connectivity index (χ2v) is 14.6. The van der Waals surface area contributed by atoms with Crippen molar-refractivity contribution in [3.63, 3.8) is 0 Å². The van der Waals surface area contributed by atoms with E-state index < -0.39 is 16.6 Å². The Balaban J connectivity index is 2.74. The van der Waals surface area contributed by atoms with E-state index in [1.165, 1.54) is 18.8 Å². The van der Waals surface area contributed by atoms with Crippen molar-refractivity contribution in [3.05, 3.63) is 0 Å². The van der Waals surface area contributed by atoms with Crippen molar-refractivity contribution < 1.29 is 4.12 Å². The Bertz CT molecular complexity index is 204. The van der Waals surface area contributed by atoms with Crippen molar-refractivity contribution >= 4 is 16.6 Å².